The van der Waals surface area contributed by atoms with Gasteiger partial charge in [0.05, 0.1) is 0 Å². The largest absolute Gasteiger partial charge is 0.338 e. The van der Waals surface area contributed by atoms with E-state index in [1.807, 2.05) is 69.0 Å². The van der Waals surface area contributed by atoms with Crippen LogP contribution in [0.3, 0.4) is 0 Å². The Morgan fingerprint density at radius 3 is 2.24 bits per heavy atom. The van der Waals surface area contributed by atoms with Gasteiger partial charge in [0.15, 0.2) is 0 Å². The summed E-state index contributed by atoms with van der Waals surface area (Å²) >= 11 is 0. The van der Waals surface area contributed by atoms with Crippen LogP contribution in [0.4, 0.5) is 10.5 Å². The molecular formula is C28H38N4O2. The molecule has 0 aliphatic carbocycles. The Hall–Kier alpha value is -3.12. The van der Waals surface area contributed by atoms with Crippen LogP contribution in [0.5, 0.6) is 0 Å². The number of rotatable bonds is 8. The minimum absolute atomic E-state index is 0.00508. The molecule has 0 aromatic heterocycles. The number of aryl methyl sites for hydroxylation is 2. The number of carbonyl (C=O) groups is 2. The molecular weight excluding hydrogens is 424 g/mol. The Balaban J connectivity index is 1.55. The van der Waals surface area contributed by atoms with Crippen molar-refractivity contribution in [3.63, 3.8) is 0 Å². The maximum Gasteiger partial charge on any atom is 0.319 e. The van der Waals surface area contributed by atoms with E-state index < -0.39 is 6.04 Å². The van der Waals surface area contributed by atoms with Crippen molar-refractivity contribution in [1.29, 1.82) is 0 Å². The standard InChI is InChI=1S/C28H38N4O2/c1-5-21(2)26(30-28(34)29-25-22(3)11-9-12-23(25)4)27(33)32-19-17-31(18-20-32)16-10-15-24-13-7-6-8-14-24/h6-15,21,26H,5,16-20H2,1-4H3,(H2,29,30,34)/b15-10+. The number of carbonyl (C=O) groups excluding carboxylic acids is 2. The number of piperazine rings is 1. The van der Waals surface area contributed by atoms with Crippen LogP contribution >= 0.6 is 0 Å². The fraction of sp³-hybridized carbons (Fsp3) is 0.429. The molecule has 0 bridgehead atoms. The van der Waals surface area contributed by atoms with Gasteiger partial charge >= 0.3 is 6.03 Å². The minimum atomic E-state index is -0.543. The van der Waals surface area contributed by atoms with Crippen molar-refractivity contribution in [2.75, 3.05) is 38.0 Å². The summed E-state index contributed by atoms with van der Waals surface area (Å²) in [4.78, 5) is 30.4. The summed E-state index contributed by atoms with van der Waals surface area (Å²) in [7, 11) is 0. The molecule has 34 heavy (non-hydrogen) atoms. The first-order chi connectivity index (χ1) is 16.4. The molecule has 182 valence electrons. The minimum Gasteiger partial charge on any atom is -0.338 e. The third-order valence-electron chi connectivity index (χ3n) is 6.64. The lowest BCUT2D eigenvalue weighted by Crippen LogP contribution is -2.57. The monoisotopic (exact) mass is 462 g/mol. The average molecular weight is 463 g/mol. The van der Waals surface area contributed by atoms with Crippen molar-refractivity contribution in [2.45, 2.75) is 40.2 Å². The smallest absolute Gasteiger partial charge is 0.319 e. The van der Waals surface area contributed by atoms with Crippen molar-refractivity contribution >= 4 is 23.7 Å². The predicted octanol–water partition coefficient (Wildman–Crippen LogP) is 4.70. The lowest BCUT2D eigenvalue weighted by Gasteiger charge is -2.37. The number of para-hydroxylation sites is 1. The van der Waals surface area contributed by atoms with E-state index >= 15 is 0 Å². The third kappa shape index (κ3) is 6.94. The van der Waals surface area contributed by atoms with Crippen LogP contribution in [0.1, 0.15) is 37.0 Å². The highest BCUT2D eigenvalue weighted by atomic mass is 16.2. The number of hydrogen-bond acceptors (Lipinski definition) is 3. The molecule has 1 saturated heterocycles. The third-order valence-corrected chi connectivity index (χ3v) is 6.64. The van der Waals surface area contributed by atoms with Gasteiger partial charge in [-0.15, -0.1) is 0 Å². The zero-order valence-electron chi connectivity index (χ0n) is 20.9. The molecule has 2 atom stereocenters. The number of anilines is 1. The van der Waals surface area contributed by atoms with E-state index in [9.17, 15) is 9.59 Å². The van der Waals surface area contributed by atoms with E-state index in [1.54, 1.807) is 0 Å². The Morgan fingerprint density at radius 2 is 1.62 bits per heavy atom. The number of nitrogens with zero attached hydrogens (tertiary/aromatic N) is 2. The van der Waals surface area contributed by atoms with Crippen molar-refractivity contribution in [1.82, 2.24) is 15.1 Å². The number of urea groups is 1. The molecule has 6 nitrogen and oxygen atoms in total. The van der Waals surface area contributed by atoms with Gasteiger partial charge < -0.3 is 15.5 Å². The van der Waals surface area contributed by atoms with E-state index in [0.717, 1.165) is 42.9 Å². The highest BCUT2D eigenvalue weighted by Crippen LogP contribution is 2.20. The lowest BCUT2D eigenvalue weighted by molar-refractivity contribution is -0.136. The van der Waals surface area contributed by atoms with Crippen molar-refractivity contribution in [3.8, 4) is 0 Å². The van der Waals surface area contributed by atoms with Gasteiger partial charge in [-0.05, 0) is 36.5 Å². The maximum atomic E-state index is 13.4. The molecule has 3 rings (SSSR count). The summed E-state index contributed by atoms with van der Waals surface area (Å²) in [6.07, 6.45) is 5.12. The molecule has 1 aliphatic rings. The van der Waals surface area contributed by atoms with Crippen molar-refractivity contribution < 1.29 is 9.59 Å². The molecule has 1 fully saturated rings. The van der Waals surface area contributed by atoms with Gasteiger partial charge in [0, 0.05) is 38.4 Å². The Morgan fingerprint density at radius 1 is 0.971 bits per heavy atom. The van der Waals surface area contributed by atoms with Crippen LogP contribution in [0.2, 0.25) is 0 Å². The van der Waals surface area contributed by atoms with E-state index in [1.165, 1.54) is 5.56 Å². The van der Waals surface area contributed by atoms with E-state index in [2.05, 4.69) is 39.8 Å². The Labute approximate surface area is 204 Å². The van der Waals surface area contributed by atoms with Crippen LogP contribution in [-0.2, 0) is 4.79 Å². The second-order valence-corrected chi connectivity index (χ2v) is 9.17. The zero-order valence-corrected chi connectivity index (χ0v) is 20.9. The number of hydrogen-bond donors (Lipinski definition) is 2. The first-order valence-corrected chi connectivity index (χ1v) is 12.3. The van der Waals surface area contributed by atoms with Gasteiger partial charge in [0.25, 0.3) is 0 Å². The highest BCUT2D eigenvalue weighted by molar-refractivity contribution is 5.95. The number of benzene rings is 2. The summed E-state index contributed by atoms with van der Waals surface area (Å²) in [5.41, 5.74) is 3.99. The van der Waals surface area contributed by atoms with Crippen LogP contribution in [0, 0.1) is 19.8 Å². The van der Waals surface area contributed by atoms with Gasteiger partial charge in [-0.3, -0.25) is 9.69 Å². The zero-order chi connectivity index (χ0) is 24.5. The van der Waals surface area contributed by atoms with Crippen LogP contribution in [-0.4, -0.2) is 60.5 Å². The molecule has 2 unspecified atom stereocenters. The molecule has 2 aromatic rings. The fourth-order valence-corrected chi connectivity index (χ4v) is 4.24. The van der Waals surface area contributed by atoms with Gasteiger partial charge in [0.1, 0.15) is 6.04 Å². The number of amides is 3. The second-order valence-electron chi connectivity index (χ2n) is 9.17. The van der Waals surface area contributed by atoms with Gasteiger partial charge in [-0.1, -0.05) is 81.0 Å². The predicted molar refractivity (Wildman–Crippen MR) is 140 cm³/mol. The van der Waals surface area contributed by atoms with E-state index in [4.69, 9.17) is 0 Å². The highest BCUT2D eigenvalue weighted by Gasteiger charge is 2.31. The first kappa shape index (κ1) is 25.5. The lowest BCUT2D eigenvalue weighted by atomic mass is 9.97. The van der Waals surface area contributed by atoms with Crippen molar-refractivity contribution in [3.05, 3.63) is 71.3 Å². The van der Waals surface area contributed by atoms with Crippen LogP contribution < -0.4 is 10.6 Å². The topological polar surface area (TPSA) is 64.7 Å². The van der Waals surface area contributed by atoms with Crippen molar-refractivity contribution in [2.24, 2.45) is 5.92 Å². The Bertz CT molecular complexity index is 961. The van der Waals surface area contributed by atoms with Crippen LogP contribution in [0.15, 0.2) is 54.6 Å². The molecule has 1 aliphatic heterocycles. The van der Waals surface area contributed by atoms with Gasteiger partial charge in [0.2, 0.25) is 5.91 Å². The summed E-state index contributed by atoms with van der Waals surface area (Å²) < 4.78 is 0. The maximum absolute atomic E-state index is 13.4. The van der Waals surface area contributed by atoms with Gasteiger partial charge in [-0.25, -0.2) is 4.79 Å². The molecule has 0 radical (unpaired) electrons. The Kier molecular flexibility index (Phi) is 9.28. The number of nitrogens with one attached hydrogen (secondary N) is 2. The molecule has 1 heterocycles. The van der Waals surface area contributed by atoms with Gasteiger partial charge in [-0.2, -0.15) is 0 Å². The summed E-state index contributed by atoms with van der Waals surface area (Å²) in [6.45, 7) is 11.9. The normalized spacial score (nSPS) is 16.3. The van der Waals surface area contributed by atoms with Crippen LogP contribution in [0.25, 0.3) is 6.08 Å². The average Bonchev–Trinajstić information content (AvgIpc) is 2.85. The van der Waals surface area contributed by atoms with E-state index in [-0.39, 0.29) is 17.9 Å². The molecule has 2 aromatic carbocycles. The second kappa shape index (κ2) is 12.4. The molecule has 2 N–H and O–H groups in total. The molecule has 0 saturated carbocycles. The molecule has 6 heteroatoms. The first-order valence-electron chi connectivity index (χ1n) is 12.3. The van der Waals surface area contributed by atoms with E-state index in [0.29, 0.717) is 13.1 Å². The molecule has 3 amide bonds. The SMILES string of the molecule is CCC(C)C(NC(=O)Nc1c(C)cccc1C)C(=O)N1CCN(C/C=C/c2ccccc2)CC1. The summed E-state index contributed by atoms with van der Waals surface area (Å²) in [5.74, 6) is 0.0496. The molecule has 0 spiro atoms. The fourth-order valence-electron chi connectivity index (χ4n) is 4.24. The summed E-state index contributed by atoms with van der Waals surface area (Å²) in [5, 5.41) is 5.92. The summed E-state index contributed by atoms with van der Waals surface area (Å²) in [6, 6.07) is 15.3. The quantitative estimate of drug-likeness (QED) is 0.598.